The second kappa shape index (κ2) is 8.61. The van der Waals surface area contributed by atoms with Gasteiger partial charge in [0.1, 0.15) is 0 Å². The average molecular weight is 371 g/mol. The number of piperidine rings is 1. The highest BCUT2D eigenvalue weighted by Crippen LogP contribution is 2.34. The topological polar surface area (TPSA) is 48.9 Å². The molecule has 2 N–H and O–H groups in total. The molecule has 4 atom stereocenters. The van der Waals surface area contributed by atoms with Crippen molar-refractivity contribution < 1.29 is 4.74 Å². The molecule has 2 bridgehead atoms. The van der Waals surface area contributed by atoms with Gasteiger partial charge < -0.3 is 15.4 Å². The second-order valence-corrected chi connectivity index (χ2v) is 8.37. The van der Waals surface area contributed by atoms with Gasteiger partial charge in [0.2, 0.25) is 0 Å². The normalized spacial score (nSPS) is 31.3. The van der Waals surface area contributed by atoms with E-state index >= 15 is 0 Å². The SMILES string of the molecule is CN=C(NCc1ccccc1CN1CCCCC1C)NC1CC2CCC1O2. The molecule has 5 nitrogen and oxygen atoms in total. The van der Waals surface area contributed by atoms with Crippen LogP contribution in [0.25, 0.3) is 0 Å². The molecule has 0 spiro atoms. The minimum Gasteiger partial charge on any atom is -0.373 e. The van der Waals surface area contributed by atoms with E-state index in [-0.39, 0.29) is 0 Å². The van der Waals surface area contributed by atoms with E-state index in [2.05, 4.69) is 51.7 Å². The molecule has 4 unspecified atom stereocenters. The largest absolute Gasteiger partial charge is 0.373 e. The number of aliphatic imine (C=N–C) groups is 1. The van der Waals surface area contributed by atoms with Crippen LogP contribution in [0.3, 0.4) is 0 Å². The molecule has 0 radical (unpaired) electrons. The molecule has 0 aliphatic carbocycles. The Kier molecular flexibility index (Phi) is 5.98. The van der Waals surface area contributed by atoms with E-state index in [1.165, 1.54) is 49.8 Å². The number of guanidine groups is 1. The fourth-order valence-electron chi connectivity index (χ4n) is 4.83. The highest BCUT2D eigenvalue weighted by Gasteiger charge is 2.41. The third kappa shape index (κ3) is 4.46. The van der Waals surface area contributed by atoms with Gasteiger partial charge in [0, 0.05) is 26.2 Å². The number of ether oxygens (including phenoxy) is 1. The Bertz CT molecular complexity index is 661. The van der Waals surface area contributed by atoms with Crippen LogP contribution in [0.4, 0.5) is 0 Å². The Labute approximate surface area is 163 Å². The molecule has 0 saturated carbocycles. The van der Waals surface area contributed by atoms with Gasteiger partial charge in [0.05, 0.1) is 18.2 Å². The van der Waals surface area contributed by atoms with Crippen LogP contribution in [0.15, 0.2) is 29.3 Å². The van der Waals surface area contributed by atoms with Gasteiger partial charge in [-0.1, -0.05) is 30.7 Å². The zero-order valence-electron chi connectivity index (χ0n) is 16.8. The molecule has 3 fully saturated rings. The lowest BCUT2D eigenvalue weighted by Crippen LogP contribution is -2.47. The van der Waals surface area contributed by atoms with Crippen molar-refractivity contribution in [2.24, 2.45) is 4.99 Å². The van der Waals surface area contributed by atoms with Gasteiger partial charge in [-0.3, -0.25) is 9.89 Å². The zero-order valence-corrected chi connectivity index (χ0v) is 16.8. The molecule has 3 aliphatic heterocycles. The van der Waals surface area contributed by atoms with Crippen LogP contribution in [-0.2, 0) is 17.8 Å². The Morgan fingerprint density at radius 1 is 1.19 bits per heavy atom. The van der Waals surface area contributed by atoms with E-state index in [9.17, 15) is 0 Å². The van der Waals surface area contributed by atoms with Crippen molar-refractivity contribution in [3.63, 3.8) is 0 Å². The number of benzene rings is 1. The highest BCUT2D eigenvalue weighted by molar-refractivity contribution is 5.80. The third-order valence-electron chi connectivity index (χ3n) is 6.53. The molecule has 0 aromatic heterocycles. The van der Waals surface area contributed by atoms with Crippen LogP contribution in [0.5, 0.6) is 0 Å². The van der Waals surface area contributed by atoms with Crippen molar-refractivity contribution in [2.45, 2.75) is 82.8 Å². The molecule has 4 rings (SSSR count). The number of nitrogens with one attached hydrogen (secondary N) is 2. The summed E-state index contributed by atoms with van der Waals surface area (Å²) < 4.78 is 5.96. The summed E-state index contributed by atoms with van der Waals surface area (Å²) in [5.41, 5.74) is 2.79. The van der Waals surface area contributed by atoms with E-state index in [0.29, 0.717) is 24.3 Å². The monoisotopic (exact) mass is 370 g/mol. The van der Waals surface area contributed by atoms with Gasteiger partial charge in [0.15, 0.2) is 5.96 Å². The molecule has 3 aliphatic rings. The number of fused-ring (bicyclic) bond motifs is 2. The minimum atomic E-state index is 0.362. The summed E-state index contributed by atoms with van der Waals surface area (Å²) in [4.78, 5) is 7.06. The van der Waals surface area contributed by atoms with Crippen LogP contribution in [0.1, 0.15) is 56.6 Å². The zero-order chi connectivity index (χ0) is 18.6. The maximum Gasteiger partial charge on any atom is 0.191 e. The lowest BCUT2D eigenvalue weighted by molar-refractivity contribution is 0.0992. The van der Waals surface area contributed by atoms with Gasteiger partial charge in [-0.25, -0.2) is 0 Å². The van der Waals surface area contributed by atoms with Crippen LogP contribution in [0, 0.1) is 0 Å². The number of hydrogen-bond donors (Lipinski definition) is 2. The first-order chi connectivity index (χ1) is 13.2. The molecule has 148 valence electrons. The summed E-state index contributed by atoms with van der Waals surface area (Å²) in [5.74, 6) is 0.886. The van der Waals surface area contributed by atoms with E-state index in [1.807, 2.05) is 7.05 Å². The lowest BCUT2D eigenvalue weighted by atomic mass is 9.96. The summed E-state index contributed by atoms with van der Waals surface area (Å²) in [6.07, 6.45) is 8.34. The molecule has 1 aromatic carbocycles. The predicted molar refractivity (Wildman–Crippen MR) is 110 cm³/mol. The Hall–Kier alpha value is -1.59. The molecule has 3 heterocycles. The van der Waals surface area contributed by atoms with Crippen LogP contribution in [-0.4, -0.2) is 48.7 Å². The molecule has 3 saturated heterocycles. The van der Waals surface area contributed by atoms with E-state index in [1.54, 1.807) is 0 Å². The molecule has 27 heavy (non-hydrogen) atoms. The molecule has 0 amide bonds. The Morgan fingerprint density at radius 2 is 2.04 bits per heavy atom. The highest BCUT2D eigenvalue weighted by atomic mass is 16.5. The van der Waals surface area contributed by atoms with Gasteiger partial charge in [-0.15, -0.1) is 0 Å². The Morgan fingerprint density at radius 3 is 2.74 bits per heavy atom. The van der Waals surface area contributed by atoms with Crippen molar-refractivity contribution in [2.75, 3.05) is 13.6 Å². The fourth-order valence-corrected chi connectivity index (χ4v) is 4.83. The maximum absolute atomic E-state index is 5.96. The average Bonchev–Trinajstić information content (AvgIpc) is 3.31. The number of nitrogens with zero attached hydrogens (tertiary/aromatic N) is 2. The van der Waals surface area contributed by atoms with Crippen molar-refractivity contribution in [1.29, 1.82) is 0 Å². The second-order valence-electron chi connectivity index (χ2n) is 8.37. The molecular formula is C22H34N4O. The standard InChI is InChI=1S/C22H34N4O/c1-16-7-5-6-12-26(16)15-18-9-4-3-8-17(18)14-24-22(23-2)25-20-13-19-10-11-21(20)27-19/h3-4,8-9,16,19-21H,5-7,10-15H2,1-2H3,(H2,23,24,25). The predicted octanol–water partition coefficient (Wildman–Crippen LogP) is 3.05. The van der Waals surface area contributed by atoms with E-state index in [0.717, 1.165) is 25.5 Å². The van der Waals surface area contributed by atoms with Crippen molar-refractivity contribution >= 4 is 5.96 Å². The smallest absolute Gasteiger partial charge is 0.191 e. The van der Waals surface area contributed by atoms with Gasteiger partial charge >= 0.3 is 0 Å². The molecule has 1 aromatic rings. The summed E-state index contributed by atoms with van der Waals surface area (Å²) >= 11 is 0. The number of likely N-dealkylation sites (tertiary alicyclic amines) is 1. The summed E-state index contributed by atoms with van der Waals surface area (Å²) in [6.45, 7) is 5.44. The Balaban J connectivity index is 1.34. The maximum atomic E-state index is 5.96. The lowest BCUT2D eigenvalue weighted by Gasteiger charge is -2.33. The first kappa shape index (κ1) is 18.8. The summed E-state index contributed by atoms with van der Waals surface area (Å²) in [6, 6.07) is 9.91. The minimum absolute atomic E-state index is 0.362. The first-order valence-electron chi connectivity index (χ1n) is 10.7. The summed E-state index contributed by atoms with van der Waals surface area (Å²) in [5, 5.41) is 7.10. The van der Waals surface area contributed by atoms with Crippen LogP contribution < -0.4 is 10.6 Å². The number of rotatable bonds is 5. The van der Waals surface area contributed by atoms with Crippen LogP contribution in [0.2, 0.25) is 0 Å². The third-order valence-corrected chi connectivity index (χ3v) is 6.53. The first-order valence-corrected chi connectivity index (χ1v) is 10.7. The van der Waals surface area contributed by atoms with Gasteiger partial charge in [-0.2, -0.15) is 0 Å². The van der Waals surface area contributed by atoms with E-state index < -0.39 is 0 Å². The van der Waals surface area contributed by atoms with Crippen molar-refractivity contribution in [3.05, 3.63) is 35.4 Å². The molecular weight excluding hydrogens is 336 g/mol. The van der Waals surface area contributed by atoms with Gasteiger partial charge in [-0.05, 0) is 56.7 Å². The quantitative estimate of drug-likeness (QED) is 0.618. The number of hydrogen-bond acceptors (Lipinski definition) is 3. The summed E-state index contributed by atoms with van der Waals surface area (Å²) in [7, 11) is 1.85. The van der Waals surface area contributed by atoms with Crippen molar-refractivity contribution in [1.82, 2.24) is 15.5 Å². The molecule has 5 heteroatoms. The van der Waals surface area contributed by atoms with Crippen LogP contribution >= 0.6 is 0 Å². The fraction of sp³-hybridized carbons (Fsp3) is 0.682. The van der Waals surface area contributed by atoms with E-state index in [4.69, 9.17) is 4.74 Å². The van der Waals surface area contributed by atoms with Crippen molar-refractivity contribution in [3.8, 4) is 0 Å². The van der Waals surface area contributed by atoms with Gasteiger partial charge in [0.25, 0.3) is 0 Å².